The highest BCUT2D eigenvalue weighted by molar-refractivity contribution is 6.21. The second kappa shape index (κ2) is 8.15. The van der Waals surface area contributed by atoms with Crippen molar-refractivity contribution in [3.05, 3.63) is 64.0 Å². The standard InChI is InChI=1S/C22H21N3O4/c1-4-9-24-14(2)10-16(15(24)3)11-17(12-23)22(28)29-13-25-20(26)18-7-5-6-8-19(18)21(25)27/h5-8,10-11H,4,9,13H2,1-3H3/b17-11+. The number of carbonyl (C=O) groups is 3. The van der Waals surface area contributed by atoms with E-state index in [0.29, 0.717) is 0 Å². The van der Waals surface area contributed by atoms with E-state index < -0.39 is 24.5 Å². The highest BCUT2D eigenvalue weighted by Crippen LogP contribution is 2.23. The Balaban J connectivity index is 1.74. The van der Waals surface area contributed by atoms with E-state index in [-0.39, 0.29) is 16.7 Å². The molecule has 0 fully saturated rings. The second-order valence-electron chi connectivity index (χ2n) is 6.79. The van der Waals surface area contributed by atoms with Crippen molar-refractivity contribution in [2.45, 2.75) is 33.7 Å². The number of nitriles is 1. The molecular formula is C22H21N3O4. The first kappa shape index (κ1) is 20.1. The van der Waals surface area contributed by atoms with Gasteiger partial charge < -0.3 is 9.30 Å². The van der Waals surface area contributed by atoms with Crippen LogP contribution in [-0.4, -0.2) is 34.0 Å². The summed E-state index contributed by atoms with van der Waals surface area (Å²) in [7, 11) is 0. The van der Waals surface area contributed by atoms with Crippen molar-refractivity contribution in [2.24, 2.45) is 0 Å². The molecule has 0 unspecified atom stereocenters. The van der Waals surface area contributed by atoms with E-state index in [2.05, 4.69) is 11.5 Å². The van der Waals surface area contributed by atoms with Gasteiger partial charge in [0.1, 0.15) is 11.6 Å². The van der Waals surface area contributed by atoms with Crippen molar-refractivity contribution in [3.8, 4) is 6.07 Å². The number of rotatable bonds is 6. The van der Waals surface area contributed by atoms with Crippen LogP contribution in [0, 0.1) is 25.2 Å². The molecule has 0 N–H and O–H groups in total. The maximum atomic E-state index is 12.4. The molecular weight excluding hydrogens is 370 g/mol. The summed E-state index contributed by atoms with van der Waals surface area (Å²) in [5.74, 6) is -1.93. The topological polar surface area (TPSA) is 92.4 Å². The Labute approximate surface area is 168 Å². The van der Waals surface area contributed by atoms with Crippen molar-refractivity contribution < 1.29 is 19.1 Å². The molecule has 148 valence electrons. The number of hydrogen-bond donors (Lipinski definition) is 0. The molecule has 1 aliphatic heterocycles. The summed E-state index contributed by atoms with van der Waals surface area (Å²) in [5, 5.41) is 9.39. The number of fused-ring (bicyclic) bond motifs is 1. The van der Waals surface area contributed by atoms with Crippen LogP contribution in [0.3, 0.4) is 0 Å². The van der Waals surface area contributed by atoms with Crippen LogP contribution in [0.2, 0.25) is 0 Å². The van der Waals surface area contributed by atoms with Crippen LogP contribution in [0.4, 0.5) is 0 Å². The zero-order valence-corrected chi connectivity index (χ0v) is 16.6. The van der Waals surface area contributed by atoms with Crippen LogP contribution in [0.5, 0.6) is 0 Å². The fourth-order valence-corrected chi connectivity index (χ4v) is 3.39. The Kier molecular flexibility index (Phi) is 5.64. The number of hydrogen-bond acceptors (Lipinski definition) is 5. The molecule has 0 spiro atoms. The van der Waals surface area contributed by atoms with Crippen molar-refractivity contribution in [2.75, 3.05) is 6.73 Å². The number of nitrogens with zero attached hydrogens (tertiary/aromatic N) is 3. The van der Waals surface area contributed by atoms with Gasteiger partial charge in [-0.15, -0.1) is 0 Å². The smallest absolute Gasteiger partial charge is 0.350 e. The Morgan fingerprint density at radius 2 is 1.79 bits per heavy atom. The van der Waals surface area contributed by atoms with E-state index in [4.69, 9.17) is 4.74 Å². The molecule has 7 heteroatoms. The van der Waals surface area contributed by atoms with E-state index in [0.717, 1.165) is 34.8 Å². The number of carbonyl (C=O) groups excluding carboxylic acids is 3. The lowest BCUT2D eigenvalue weighted by molar-refractivity contribution is -0.141. The van der Waals surface area contributed by atoms with Crippen LogP contribution in [-0.2, 0) is 16.1 Å². The summed E-state index contributed by atoms with van der Waals surface area (Å²) in [6, 6.07) is 10.2. The molecule has 0 bridgehead atoms. The molecule has 0 saturated heterocycles. The quantitative estimate of drug-likeness (QED) is 0.326. The van der Waals surface area contributed by atoms with Crippen molar-refractivity contribution in [1.82, 2.24) is 9.47 Å². The highest BCUT2D eigenvalue weighted by Gasteiger charge is 2.36. The van der Waals surface area contributed by atoms with E-state index in [1.807, 2.05) is 26.0 Å². The second-order valence-corrected chi connectivity index (χ2v) is 6.79. The Hall–Kier alpha value is -3.66. The third kappa shape index (κ3) is 3.69. The molecule has 2 heterocycles. The molecule has 0 radical (unpaired) electrons. The lowest BCUT2D eigenvalue weighted by Crippen LogP contribution is -2.33. The van der Waals surface area contributed by atoms with Crippen LogP contribution in [0.1, 0.15) is 51.0 Å². The Morgan fingerprint density at radius 1 is 1.17 bits per heavy atom. The molecule has 0 atom stereocenters. The normalized spacial score (nSPS) is 13.4. The van der Waals surface area contributed by atoms with Gasteiger partial charge in [0, 0.05) is 17.9 Å². The Morgan fingerprint density at radius 3 is 2.34 bits per heavy atom. The summed E-state index contributed by atoms with van der Waals surface area (Å²) in [5.41, 5.74) is 3.09. The van der Waals surface area contributed by atoms with Gasteiger partial charge in [-0.2, -0.15) is 5.26 Å². The maximum Gasteiger partial charge on any atom is 0.350 e. The largest absolute Gasteiger partial charge is 0.440 e. The van der Waals surface area contributed by atoms with Gasteiger partial charge in [-0.1, -0.05) is 19.1 Å². The first-order chi connectivity index (χ1) is 13.9. The van der Waals surface area contributed by atoms with Gasteiger partial charge in [0.2, 0.25) is 0 Å². The van der Waals surface area contributed by atoms with E-state index >= 15 is 0 Å². The Bertz CT molecular complexity index is 1040. The van der Waals surface area contributed by atoms with Gasteiger partial charge in [0.15, 0.2) is 6.73 Å². The number of aromatic nitrogens is 1. The van der Waals surface area contributed by atoms with Gasteiger partial charge >= 0.3 is 5.97 Å². The molecule has 1 aromatic heterocycles. The van der Waals surface area contributed by atoms with Crippen molar-refractivity contribution in [3.63, 3.8) is 0 Å². The zero-order valence-electron chi connectivity index (χ0n) is 16.6. The predicted molar refractivity (Wildman–Crippen MR) is 106 cm³/mol. The third-order valence-electron chi connectivity index (χ3n) is 4.90. The highest BCUT2D eigenvalue weighted by atomic mass is 16.5. The van der Waals surface area contributed by atoms with Crippen LogP contribution in [0.25, 0.3) is 6.08 Å². The molecule has 2 aromatic rings. The predicted octanol–water partition coefficient (Wildman–Crippen LogP) is 3.22. The minimum absolute atomic E-state index is 0.196. The van der Waals surface area contributed by atoms with Crippen LogP contribution in [0.15, 0.2) is 35.9 Å². The molecule has 0 saturated carbocycles. The summed E-state index contributed by atoms with van der Waals surface area (Å²) >= 11 is 0. The lowest BCUT2D eigenvalue weighted by atomic mass is 10.1. The molecule has 3 rings (SSSR count). The fraction of sp³-hybridized carbons (Fsp3) is 0.273. The number of imide groups is 1. The zero-order chi connectivity index (χ0) is 21.1. The minimum Gasteiger partial charge on any atom is -0.440 e. The van der Waals surface area contributed by atoms with Crippen molar-refractivity contribution in [1.29, 1.82) is 5.26 Å². The molecule has 1 aliphatic rings. The van der Waals surface area contributed by atoms with E-state index in [1.165, 1.54) is 6.08 Å². The van der Waals surface area contributed by atoms with Crippen molar-refractivity contribution >= 4 is 23.9 Å². The van der Waals surface area contributed by atoms with Gasteiger partial charge in [-0.3, -0.25) is 9.59 Å². The average molecular weight is 391 g/mol. The summed E-state index contributed by atoms with van der Waals surface area (Å²) in [6.07, 6.45) is 2.44. The molecule has 1 aromatic carbocycles. The maximum absolute atomic E-state index is 12.4. The summed E-state index contributed by atoms with van der Waals surface area (Å²) in [4.78, 5) is 37.9. The fourth-order valence-electron chi connectivity index (χ4n) is 3.39. The van der Waals surface area contributed by atoms with Gasteiger partial charge in [0.25, 0.3) is 11.8 Å². The SMILES string of the molecule is CCCn1c(C)cc(/C=C(\C#N)C(=O)OCN2C(=O)c3ccccc3C2=O)c1C. The number of benzene rings is 1. The lowest BCUT2D eigenvalue weighted by Gasteiger charge is -2.13. The first-order valence-corrected chi connectivity index (χ1v) is 9.29. The first-order valence-electron chi connectivity index (χ1n) is 9.29. The van der Waals surface area contributed by atoms with Gasteiger partial charge in [0.05, 0.1) is 11.1 Å². The van der Waals surface area contributed by atoms with Crippen LogP contribution >= 0.6 is 0 Å². The number of ether oxygens (including phenoxy) is 1. The molecule has 2 amide bonds. The van der Waals surface area contributed by atoms with Gasteiger partial charge in [-0.05, 0) is 50.1 Å². The number of esters is 1. The monoisotopic (exact) mass is 391 g/mol. The third-order valence-corrected chi connectivity index (χ3v) is 4.90. The van der Waals surface area contributed by atoms with Crippen LogP contribution < -0.4 is 0 Å². The summed E-state index contributed by atoms with van der Waals surface area (Å²) in [6.45, 7) is 6.27. The van der Waals surface area contributed by atoms with E-state index in [9.17, 15) is 19.6 Å². The number of aryl methyl sites for hydroxylation is 1. The summed E-state index contributed by atoms with van der Waals surface area (Å²) < 4.78 is 7.21. The van der Waals surface area contributed by atoms with Gasteiger partial charge in [-0.25, -0.2) is 9.69 Å². The van der Waals surface area contributed by atoms with E-state index in [1.54, 1.807) is 24.3 Å². The average Bonchev–Trinajstić information content (AvgIpc) is 3.12. The molecule has 7 nitrogen and oxygen atoms in total. The number of amides is 2. The minimum atomic E-state index is -0.885. The molecule has 29 heavy (non-hydrogen) atoms. The molecule has 0 aliphatic carbocycles.